The second-order valence-electron chi connectivity index (χ2n) is 4.88. The Morgan fingerprint density at radius 2 is 1.70 bits per heavy atom. The summed E-state index contributed by atoms with van der Waals surface area (Å²) in [6, 6.07) is 6.71. The van der Waals surface area contributed by atoms with Gasteiger partial charge in [-0.3, -0.25) is 4.79 Å². The lowest BCUT2D eigenvalue weighted by atomic mass is 10.1. The van der Waals surface area contributed by atoms with E-state index in [1.807, 2.05) is 0 Å². The summed E-state index contributed by atoms with van der Waals surface area (Å²) in [7, 11) is -3.59. The average Bonchev–Trinajstić information content (AvgIpc) is 2.35. The van der Waals surface area contributed by atoms with Crippen LogP contribution in [0.3, 0.4) is 0 Å². The number of carbonyl (C=O) groups excluding carboxylic acids is 1. The Bertz CT molecular complexity index is 553. The summed E-state index contributed by atoms with van der Waals surface area (Å²) < 4.78 is 25.8. The van der Waals surface area contributed by atoms with Crippen LogP contribution >= 0.6 is 0 Å². The van der Waals surface area contributed by atoms with Gasteiger partial charge in [0, 0.05) is 12.6 Å². The van der Waals surface area contributed by atoms with Gasteiger partial charge in [-0.1, -0.05) is 24.3 Å². The lowest BCUT2D eigenvalue weighted by molar-refractivity contribution is -0.118. The Balaban J connectivity index is 2.93. The third kappa shape index (κ3) is 4.59. The molecule has 0 spiro atoms. The number of sulfonamides is 1. The molecule has 0 bridgehead atoms. The molecular formula is C13H21N3O3S. The molecule has 1 aromatic carbocycles. The number of hydrogen-bond donors (Lipinski definition) is 2. The van der Waals surface area contributed by atoms with E-state index in [1.165, 1.54) is 0 Å². The molecule has 112 valence electrons. The van der Waals surface area contributed by atoms with Crippen LogP contribution in [-0.4, -0.2) is 31.2 Å². The number of benzene rings is 1. The highest BCUT2D eigenvalue weighted by molar-refractivity contribution is 7.88. The zero-order valence-corrected chi connectivity index (χ0v) is 12.6. The van der Waals surface area contributed by atoms with E-state index in [2.05, 4.69) is 0 Å². The molecule has 0 saturated carbocycles. The molecule has 0 aromatic heterocycles. The van der Waals surface area contributed by atoms with Gasteiger partial charge in [0.25, 0.3) is 0 Å². The van der Waals surface area contributed by atoms with Crippen LogP contribution in [0.2, 0.25) is 0 Å². The van der Waals surface area contributed by atoms with Crippen LogP contribution in [0.5, 0.6) is 0 Å². The summed E-state index contributed by atoms with van der Waals surface area (Å²) in [4.78, 5) is 11.0. The number of nitrogens with zero attached hydrogens (tertiary/aromatic N) is 1. The van der Waals surface area contributed by atoms with Crippen molar-refractivity contribution in [3.05, 3.63) is 35.4 Å². The van der Waals surface area contributed by atoms with Crippen LogP contribution in [0.25, 0.3) is 0 Å². The number of amides is 1. The largest absolute Gasteiger partial charge is 0.369 e. The van der Waals surface area contributed by atoms with E-state index in [0.29, 0.717) is 12.1 Å². The molecule has 7 heteroatoms. The fourth-order valence-electron chi connectivity index (χ4n) is 1.82. The van der Waals surface area contributed by atoms with E-state index in [-0.39, 0.29) is 18.3 Å². The van der Waals surface area contributed by atoms with E-state index in [1.54, 1.807) is 38.1 Å². The quantitative estimate of drug-likeness (QED) is 0.748. The minimum absolute atomic E-state index is 0.163. The van der Waals surface area contributed by atoms with Gasteiger partial charge in [0.2, 0.25) is 15.9 Å². The average molecular weight is 299 g/mol. The van der Waals surface area contributed by atoms with Crippen molar-refractivity contribution in [2.75, 3.05) is 6.54 Å². The van der Waals surface area contributed by atoms with Gasteiger partial charge >= 0.3 is 0 Å². The predicted molar refractivity (Wildman–Crippen MR) is 78.0 cm³/mol. The molecule has 0 radical (unpaired) electrons. The third-order valence-electron chi connectivity index (χ3n) is 2.85. The first-order valence-corrected chi connectivity index (χ1v) is 7.93. The Morgan fingerprint density at radius 3 is 2.10 bits per heavy atom. The number of primary amides is 1. The maximum absolute atomic E-state index is 12.3. The van der Waals surface area contributed by atoms with Crippen molar-refractivity contribution < 1.29 is 13.2 Å². The highest BCUT2D eigenvalue weighted by Gasteiger charge is 2.26. The van der Waals surface area contributed by atoms with Gasteiger partial charge < -0.3 is 11.5 Å². The summed E-state index contributed by atoms with van der Waals surface area (Å²) in [6.45, 7) is 3.52. The highest BCUT2D eigenvalue weighted by Crippen LogP contribution is 2.14. The van der Waals surface area contributed by atoms with Crippen molar-refractivity contribution in [1.82, 2.24) is 4.31 Å². The minimum atomic E-state index is -3.59. The van der Waals surface area contributed by atoms with Crippen LogP contribution in [0, 0.1) is 0 Å². The van der Waals surface area contributed by atoms with Gasteiger partial charge in [-0.05, 0) is 25.0 Å². The first-order valence-electron chi connectivity index (χ1n) is 6.32. The van der Waals surface area contributed by atoms with Gasteiger partial charge in [0.15, 0.2) is 0 Å². The molecule has 0 heterocycles. The SMILES string of the molecule is CC(C)N(CC(N)=O)S(=O)(=O)Cc1ccc(CN)cc1. The molecule has 1 rings (SSSR count). The van der Waals surface area contributed by atoms with Crippen LogP contribution < -0.4 is 11.5 Å². The lowest BCUT2D eigenvalue weighted by Gasteiger charge is -2.24. The zero-order chi connectivity index (χ0) is 15.3. The first-order chi connectivity index (χ1) is 9.26. The van der Waals surface area contributed by atoms with E-state index < -0.39 is 15.9 Å². The highest BCUT2D eigenvalue weighted by atomic mass is 32.2. The molecule has 0 aliphatic rings. The summed E-state index contributed by atoms with van der Waals surface area (Å²) in [5, 5.41) is 0. The zero-order valence-electron chi connectivity index (χ0n) is 11.7. The standard InChI is InChI=1S/C13H21N3O3S/c1-10(2)16(8-13(15)17)20(18,19)9-12-5-3-11(7-14)4-6-12/h3-6,10H,7-9,14H2,1-2H3,(H2,15,17). The van der Waals surface area contributed by atoms with E-state index in [0.717, 1.165) is 9.87 Å². The van der Waals surface area contributed by atoms with Crippen molar-refractivity contribution in [3.63, 3.8) is 0 Å². The summed E-state index contributed by atoms with van der Waals surface area (Å²) >= 11 is 0. The van der Waals surface area contributed by atoms with Crippen LogP contribution in [0.1, 0.15) is 25.0 Å². The second kappa shape index (κ2) is 6.83. The number of nitrogens with two attached hydrogens (primary N) is 2. The summed E-state index contributed by atoms with van der Waals surface area (Å²) in [5.41, 5.74) is 12.2. The maximum Gasteiger partial charge on any atom is 0.232 e. The van der Waals surface area contributed by atoms with Crippen molar-refractivity contribution in [3.8, 4) is 0 Å². The Morgan fingerprint density at radius 1 is 1.20 bits per heavy atom. The number of carbonyl (C=O) groups is 1. The molecule has 0 unspecified atom stereocenters. The fraction of sp³-hybridized carbons (Fsp3) is 0.462. The van der Waals surface area contributed by atoms with Gasteiger partial charge in [0.05, 0.1) is 12.3 Å². The van der Waals surface area contributed by atoms with Crippen molar-refractivity contribution in [2.24, 2.45) is 11.5 Å². The molecule has 20 heavy (non-hydrogen) atoms. The molecule has 6 nitrogen and oxygen atoms in total. The minimum Gasteiger partial charge on any atom is -0.369 e. The van der Waals surface area contributed by atoms with Crippen LogP contribution in [0.4, 0.5) is 0 Å². The smallest absolute Gasteiger partial charge is 0.232 e. The van der Waals surface area contributed by atoms with E-state index >= 15 is 0 Å². The first kappa shape index (κ1) is 16.6. The maximum atomic E-state index is 12.3. The van der Waals surface area contributed by atoms with Crippen molar-refractivity contribution in [2.45, 2.75) is 32.2 Å². The molecule has 0 fully saturated rings. The molecule has 0 aliphatic carbocycles. The summed E-state index contributed by atoms with van der Waals surface area (Å²) in [6.07, 6.45) is 0. The predicted octanol–water partition coefficient (Wildman–Crippen LogP) is 0.171. The van der Waals surface area contributed by atoms with Gasteiger partial charge in [-0.25, -0.2) is 8.42 Å². The van der Waals surface area contributed by atoms with E-state index in [4.69, 9.17) is 11.5 Å². The van der Waals surface area contributed by atoms with E-state index in [9.17, 15) is 13.2 Å². The number of rotatable bonds is 7. The monoisotopic (exact) mass is 299 g/mol. The molecule has 0 aliphatic heterocycles. The molecule has 4 N–H and O–H groups in total. The fourth-order valence-corrected chi connectivity index (χ4v) is 3.57. The van der Waals surface area contributed by atoms with Gasteiger partial charge in [-0.2, -0.15) is 4.31 Å². The Labute approximate surface area is 119 Å². The van der Waals surface area contributed by atoms with Gasteiger partial charge in [-0.15, -0.1) is 0 Å². The second-order valence-corrected chi connectivity index (χ2v) is 6.80. The molecule has 1 aromatic rings. The molecular weight excluding hydrogens is 278 g/mol. The molecule has 0 saturated heterocycles. The van der Waals surface area contributed by atoms with Crippen molar-refractivity contribution >= 4 is 15.9 Å². The van der Waals surface area contributed by atoms with Crippen LogP contribution in [0.15, 0.2) is 24.3 Å². The van der Waals surface area contributed by atoms with Crippen molar-refractivity contribution in [1.29, 1.82) is 0 Å². The normalized spacial score (nSPS) is 12.1. The lowest BCUT2D eigenvalue weighted by Crippen LogP contribution is -2.43. The Hall–Kier alpha value is -1.44. The van der Waals surface area contributed by atoms with Gasteiger partial charge in [0.1, 0.15) is 0 Å². The van der Waals surface area contributed by atoms with Crippen LogP contribution in [-0.2, 0) is 27.1 Å². The third-order valence-corrected chi connectivity index (χ3v) is 4.82. The number of hydrogen-bond acceptors (Lipinski definition) is 4. The molecule has 0 atom stereocenters. The Kier molecular flexibility index (Phi) is 5.67. The topological polar surface area (TPSA) is 106 Å². The molecule has 1 amide bonds. The summed E-state index contributed by atoms with van der Waals surface area (Å²) in [5.74, 6) is -0.829.